The van der Waals surface area contributed by atoms with E-state index in [2.05, 4.69) is 20.9 Å². The predicted molar refractivity (Wildman–Crippen MR) is 147 cm³/mol. The molecule has 1 unspecified atom stereocenters. The number of nitrogens with zero attached hydrogens (tertiary/aromatic N) is 2. The number of nitrogens with one attached hydrogen (secondary N) is 3. The van der Waals surface area contributed by atoms with E-state index in [0.717, 1.165) is 0 Å². The number of likely N-dealkylation sites (N-methyl/N-ethyl adjacent to an activating group) is 1. The van der Waals surface area contributed by atoms with Gasteiger partial charge in [-0.2, -0.15) is 0 Å². The number of aromatic nitrogens is 1. The van der Waals surface area contributed by atoms with Gasteiger partial charge < -0.3 is 30.5 Å². The summed E-state index contributed by atoms with van der Waals surface area (Å²) in [5, 5.41) is 26.9. The van der Waals surface area contributed by atoms with E-state index in [4.69, 9.17) is 21.4 Å². The third-order valence-electron chi connectivity index (χ3n) is 6.14. The van der Waals surface area contributed by atoms with Gasteiger partial charge in [-0.1, -0.05) is 23.7 Å². The van der Waals surface area contributed by atoms with Crippen LogP contribution in [0.15, 0.2) is 48.7 Å². The first-order chi connectivity index (χ1) is 19.6. The number of pyridine rings is 1. The van der Waals surface area contributed by atoms with Crippen molar-refractivity contribution in [3.8, 4) is 0 Å². The number of urea groups is 1. The summed E-state index contributed by atoms with van der Waals surface area (Å²) in [4.78, 5) is 42.4. The van der Waals surface area contributed by atoms with Crippen LogP contribution in [0.25, 0.3) is 10.8 Å². The lowest BCUT2D eigenvalue weighted by Gasteiger charge is -2.28. The van der Waals surface area contributed by atoms with Crippen LogP contribution in [0, 0.1) is 11.6 Å². The third kappa shape index (κ3) is 9.23. The molecule has 0 aliphatic heterocycles. The lowest BCUT2D eigenvalue weighted by molar-refractivity contribution is -0.131. The zero-order valence-corrected chi connectivity index (χ0v) is 22.8. The van der Waals surface area contributed by atoms with Crippen molar-refractivity contribution in [3.05, 3.63) is 70.9 Å². The Labute approximate surface area is 239 Å². The van der Waals surface area contributed by atoms with E-state index in [1.807, 2.05) is 0 Å². The van der Waals surface area contributed by atoms with Crippen molar-refractivity contribution in [3.63, 3.8) is 0 Å². The summed E-state index contributed by atoms with van der Waals surface area (Å²) in [5.74, 6) is -1.68. The zero-order valence-electron chi connectivity index (χ0n) is 22.1. The van der Waals surface area contributed by atoms with Crippen LogP contribution in [-0.4, -0.2) is 77.1 Å². The molecular formula is C27H30ClF2N5O6. The topological polar surface area (TPSA) is 153 Å². The summed E-state index contributed by atoms with van der Waals surface area (Å²) in [6, 6.07) is 8.64. The second-order valence-corrected chi connectivity index (χ2v) is 9.43. The molecular weight excluding hydrogens is 564 g/mol. The molecule has 2 aromatic carbocycles. The molecule has 0 aliphatic rings. The van der Waals surface area contributed by atoms with Gasteiger partial charge >= 0.3 is 12.1 Å². The fourth-order valence-electron chi connectivity index (χ4n) is 3.78. The maximum absolute atomic E-state index is 13.7. The number of amides is 4. The van der Waals surface area contributed by atoms with Crippen LogP contribution in [0.4, 0.5) is 24.2 Å². The Kier molecular flexibility index (Phi) is 11.6. The fourth-order valence-corrected chi connectivity index (χ4v) is 3.97. The largest absolute Gasteiger partial charge is 0.447 e. The lowest BCUT2D eigenvalue weighted by Crippen LogP contribution is -2.46. The number of halogens is 3. The van der Waals surface area contributed by atoms with Crippen LogP contribution in [0.5, 0.6) is 0 Å². The van der Waals surface area contributed by atoms with Crippen LogP contribution in [0.1, 0.15) is 18.4 Å². The van der Waals surface area contributed by atoms with Crippen molar-refractivity contribution in [1.29, 1.82) is 0 Å². The normalized spacial score (nSPS) is 12.3. The molecule has 4 amide bonds. The van der Waals surface area contributed by atoms with Crippen LogP contribution < -0.4 is 16.0 Å². The smallest absolute Gasteiger partial charge is 0.412 e. The SMILES string of the molecule is CN(C(=O)NCc1cccc(F)c1Cl)[C@@H](CCCNC(=O)C(O)CO)COC(=O)Nc1cc2cc(F)ccc2cn1. The van der Waals surface area contributed by atoms with Gasteiger partial charge in [-0.3, -0.25) is 10.1 Å². The Balaban J connectivity index is 1.61. The Morgan fingerprint density at radius 1 is 1.12 bits per heavy atom. The molecule has 0 radical (unpaired) electrons. The van der Waals surface area contributed by atoms with Gasteiger partial charge in [0.05, 0.1) is 17.7 Å². The zero-order chi connectivity index (χ0) is 29.9. The van der Waals surface area contributed by atoms with Gasteiger partial charge in [0, 0.05) is 31.7 Å². The Hall–Kier alpha value is -4.07. The molecule has 2 atom stereocenters. The Morgan fingerprint density at radius 3 is 2.66 bits per heavy atom. The predicted octanol–water partition coefficient (Wildman–Crippen LogP) is 3.17. The molecule has 0 spiro atoms. The molecule has 3 rings (SSSR count). The molecule has 0 bridgehead atoms. The Bertz CT molecular complexity index is 1380. The molecule has 3 aromatic rings. The van der Waals surface area contributed by atoms with Gasteiger partial charge in [0.15, 0.2) is 6.10 Å². The summed E-state index contributed by atoms with van der Waals surface area (Å²) in [7, 11) is 1.47. The van der Waals surface area contributed by atoms with Crippen LogP contribution in [0.2, 0.25) is 5.02 Å². The highest BCUT2D eigenvalue weighted by Gasteiger charge is 2.23. The molecule has 1 heterocycles. The molecule has 14 heteroatoms. The Morgan fingerprint density at radius 2 is 1.90 bits per heavy atom. The van der Waals surface area contributed by atoms with Gasteiger partial charge in [0.1, 0.15) is 24.1 Å². The number of carbonyl (C=O) groups excluding carboxylic acids is 3. The maximum atomic E-state index is 13.7. The van der Waals surface area contributed by atoms with Gasteiger partial charge in [0.2, 0.25) is 0 Å². The number of aliphatic hydroxyl groups is 2. The van der Waals surface area contributed by atoms with Gasteiger partial charge in [-0.05, 0) is 54.1 Å². The molecule has 0 fully saturated rings. The van der Waals surface area contributed by atoms with Gasteiger partial charge in [-0.15, -0.1) is 0 Å². The molecule has 220 valence electrons. The van der Waals surface area contributed by atoms with Gasteiger partial charge in [0.25, 0.3) is 5.91 Å². The van der Waals surface area contributed by atoms with E-state index in [9.17, 15) is 28.3 Å². The van der Waals surface area contributed by atoms with Crippen molar-refractivity contribution >= 4 is 46.2 Å². The van der Waals surface area contributed by atoms with E-state index < -0.39 is 48.4 Å². The molecule has 5 N–H and O–H groups in total. The standard InChI is InChI=1S/C27H30ClF2N5O6/c1-35(26(39)33-13-17-4-2-6-21(30)24(17)28)20(5-3-9-31-25(38)22(37)14-36)15-41-27(40)34-23-11-18-10-19(29)8-7-16(18)12-32-23/h2,4,6-8,10-12,20,22,36-37H,3,5,9,13-15H2,1H3,(H,31,38)(H,33,39)(H,32,34,40)/t20-,22?/m0/s1. The molecule has 41 heavy (non-hydrogen) atoms. The number of fused-ring (bicyclic) bond motifs is 1. The van der Waals surface area contributed by atoms with Crippen molar-refractivity contribution in [1.82, 2.24) is 20.5 Å². The van der Waals surface area contributed by atoms with Crippen molar-refractivity contribution in [2.75, 3.05) is 32.1 Å². The van der Waals surface area contributed by atoms with Crippen LogP contribution in [-0.2, 0) is 16.1 Å². The number of anilines is 1. The number of rotatable bonds is 12. The van der Waals surface area contributed by atoms with Crippen molar-refractivity contribution < 1.29 is 38.1 Å². The minimum atomic E-state index is -1.55. The first-order valence-corrected chi connectivity index (χ1v) is 13.0. The maximum Gasteiger partial charge on any atom is 0.412 e. The van der Waals surface area contributed by atoms with Gasteiger partial charge in [-0.25, -0.2) is 23.4 Å². The van der Waals surface area contributed by atoms with E-state index in [1.54, 1.807) is 12.1 Å². The molecule has 11 nitrogen and oxygen atoms in total. The summed E-state index contributed by atoms with van der Waals surface area (Å²) >= 11 is 5.96. The highest BCUT2D eigenvalue weighted by atomic mass is 35.5. The number of hydrogen-bond donors (Lipinski definition) is 5. The van der Waals surface area contributed by atoms with E-state index in [0.29, 0.717) is 22.8 Å². The third-order valence-corrected chi connectivity index (χ3v) is 6.56. The van der Waals surface area contributed by atoms with Crippen molar-refractivity contribution in [2.24, 2.45) is 0 Å². The number of ether oxygens (including phenoxy) is 1. The summed E-state index contributed by atoms with van der Waals surface area (Å²) in [5.41, 5.74) is 0.369. The average molecular weight is 594 g/mol. The number of hydrogen-bond acceptors (Lipinski definition) is 7. The minimum absolute atomic E-state index is 0.0584. The van der Waals surface area contributed by atoms with Crippen LogP contribution >= 0.6 is 11.6 Å². The van der Waals surface area contributed by atoms with E-state index in [1.165, 1.54) is 48.5 Å². The monoisotopic (exact) mass is 593 g/mol. The van der Waals surface area contributed by atoms with Crippen molar-refractivity contribution in [2.45, 2.75) is 31.5 Å². The quantitative estimate of drug-likeness (QED) is 0.202. The highest BCUT2D eigenvalue weighted by Crippen LogP contribution is 2.20. The summed E-state index contributed by atoms with van der Waals surface area (Å²) < 4.78 is 32.6. The number of carbonyl (C=O) groups is 3. The molecule has 0 saturated heterocycles. The summed E-state index contributed by atoms with van der Waals surface area (Å²) in [6.07, 6.45) is -0.358. The first-order valence-electron chi connectivity index (χ1n) is 12.6. The fraction of sp³-hybridized carbons (Fsp3) is 0.333. The molecule has 0 saturated carbocycles. The lowest BCUT2D eigenvalue weighted by atomic mass is 10.1. The second kappa shape index (κ2) is 15.1. The molecule has 1 aromatic heterocycles. The number of benzene rings is 2. The average Bonchev–Trinajstić information content (AvgIpc) is 2.96. The van der Waals surface area contributed by atoms with Crippen LogP contribution in [0.3, 0.4) is 0 Å². The second-order valence-electron chi connectivity index (χ2n) is 9.05. The summed E-state index contributed by atoms with van der Waals surface area (Å²) in [6.45, 7) is -0.912. The highest BCUT2D eigenvalue weighted by molar-refractivity contribution is 6.31. The van der Waals surface area contributed by atoms with E-state index >= 15 is 0 Å². The first kappa shape index (κ1) is 31.5. The van der Waals surface area contributed by atoms with E-state index in [-0.39, 0.29) is 37.0 Å². The molecule has 0 aliphatic carbocycles. The minimum Gasteiger partial charge on any atom is -0.447 e. The number of aliphatic hydroxyl groups excluding tert-OH is 2.